The van der Waals surface area contributed by atoms with Crippen LogP contribution in [0, 0.1) is 0 Å². The highest BCUT2D eigenvalue weighted by atomic mass is 16.5. The van der Waals surface area contributed by atoms with E-state index in [9.17, 15) is 9.59 Å². The molecular weight excluding hydrogens is 320 g/mol. The smallest absolute Gasteiger partial charge is 0.296 e. The molecule has 1 atom stereocenters. The standard InChI is InChI=1S/C19H22N2O4/c1-20-10-5-7-15(20)17(22)19(23)21-11-9-13(12-21)14-6-4-8-16(24-2)18(14)25-3/h4-8,10,13H,9,11-12H2,1-3H3. The summed E-state index contributed by atoms with van der Waals surface area (Å²) in [5.74, 6) is 0.565. The lowest BCUT2D eigenvalue weighted by Crippen LogP contribution is -2.35. The van der Waals surface area contributed by atoms with Crippen molar-refractivity contribution in [3.8, 4) is 11.5 Å². The Labute approximate surface area is 146 Å². The number of likely N-dealkylation sites (tertiary alicyclic amines) is 1. The van der Waals surface area contributed by atoms with Crippen molar-refractivity contribution in [2.24, 2.45) is 7.05 Å². The van der Waals surface area contributed by atoms with Crippen molar-refractivity contribution in [3.05, 3.63) is 47.8 Å². The number of para-hydroxylation sites is 1. The maximum Gasteiger partial charge on any atom is 0.296 e. The second kappa shape index (κ2) is 7.01. The van der Waals surface area contributed by atoms with Gasteiger partial charge in [0.05, 0.1) is 19.9 Å². The molecular formula is C19H22N2O4. The summed E-state index contributed by atoms with van der Waals surface area (Å²) in [5.41, 5.74) is 1.41. The molecule has 0 saturated carbocycles. The molecule has 1 aromatic carbocycles. The quantitative estimate of drug-likeness (QED) is 0.618. The summed E-state index contributed by atoms with van der Waals surface area (Å²) in [6.07, 6.45) is 2.55. The van der Waals surface area contributed by atoms with E-state index in [2.05, 4.69) is 0 Å². The van der Waals surface area contributed by atoms with E-state index < -0.39 is 11.7 Å². The largest absolute Gasteiger partial charge is 0.493 e. The van der Waals surface area contributed by atoms with Gasteiger partial charge in [0.2, 0.25) is 0 Å². The minimum absolute atomic E-state index is 0.121. The average molecular weight is 342 g/mol. The number of hydrogen-bond donors (Lipinski definition) is 0. The van der Waals surface area contributed by atoms with Gasteiger partial charge in [0.1, 0.15) is 0 Å². The first-order valence-corrected chi connectivity index (χ1v) is 8.22. The number of carbonyl (C=O) groups excluding carboxylic acids is 2. The molecule has 1 aliphatic rings. The Morgan fingerprint density at radius 1 is 1.12 bits per heavy atom. The highest BCUT2D eigenvalue weighted by Gasteiger charge is 2.33. The fourth-order valence-electron chi connectivity index (χ4n) is 3.38. The summed E-state index contributed by atoms with van der Waals surface area (Å²) in [5, 5.41) is 0. The maximum absolute atomic E-state index is 12.6. The van der Waals surface area contributed by atoms with Gasteiger partial charge in [-0.25, -0.2) is 0 Å². The molecule has 25 heavy (non-hydrogen) atoms. The zero-order valence-electron chi connectivity index (χ0n) is 14.7. The SMILES string of the molecule is COc1cccc(C2CCN(C(=O)C(=O)c3cccn3C)C2)c1OC. The third-order valence-corrected chi connectivity index (χ3v) is 4.72. The molecule has 3 rings (SSSR count). The van der Waals surface area contributed by atoms with Gasteiger partial charge in [-0.3, -0.25) is 9.59 Å². The number of aryl methyl sites for hydroxylation is 1. The van der Waals surface area contributed by atoms with Crippen molar-refractivity contribution >= 4 is 11.7 Å². The zero-order chi connectivity index (χ0) is 18.0. The Balaban J connectivity index is 1.77. The molecule has 0 N–H and O–H groups in total. The molecule has 2 aromatic rings. The molecule has 1 aliphatic heterocycles. The number of carbonyl (C=O) groups is 2. The molecule has 1 unspecified atom stereocenters. The number of methoxy groups -OCH3 is 2. The molecule has 0 aliphatic carbocycles. The lowest BCUT2D eigenvalue weighted by molar-refractivity contribution is -0.125. The molecule has 132 valence electrons. The van der Waals surface area contributed by atoms with Crippen LogP contribution in [0.15, 0.2) is 36.5 Å². The number of ether oxygens (including phenoxy) is 2. The number of Topliss-reactive ketones (excluding diaryl/α,β-unsaturated/α-hetero) is 1. The van der Waals surface area contributed by atoms with Crippen molar-refractivity contribution < 1.29 is 19.1 Å². The van der Waals surface area contributed by atoms with Crippen LogP contribution < -0.4 is 9.47 Å². The van der Waals surface area contributed by atoms with E-state index in [4.69, 9.17) is 9.47 Å². The van der Waals surface area contributed by atoms with Crippen LogP contribution in [0.3, 0.4) is 0 Å². The lowest BCUT2D eigenvalue weighted by Gasteiger charge is -2.18. The monoisotopic (exact) mass is 342 g/mol. The van der Waals surface area contributed by atoms with E-state index in [1.165, 1.54) is 0 Å². The number of ketones is 1. The predicted molar refractivity (Wildman–Crippen MR) is 93.2 cm³/mol. The molecule has 1 aromatic heterocycles. The minimum Gasteiger partial charge on any atom is -0.493 e. The Morgan fingerprint density at radius 2 is 1.92 bits per heavy atom. The number of amides is 1. The molecule has 1 fully saturated rings. The van der Waals surface area contributed by atoms with Gasteiger partial charge in [-0.1, -0.05) is 12.1 Å². The predicted octanol–water partition coefficient (Wildman–Crippen LogP) is 2.24. The van der Waals surface area contributed by atoms with Gasteiger partial charge in [0, 0.05) is 37.8 Å². The van der Waals surface area contributed by atoms with E-state index >= 15 is 0 Å². The van der Waals surface area contributed by atoms with Crippen LogP contribution in [0.1, 0.15) is 28.4 Å². The summed E-state index contributed by atoms with van der Waals surface area (Å²) < 4.78 is 12.5. The Bertz CT molecular complexity index is 796. The number of benzene rings is 1. The third-order valence-electron chi connectivity index (χ3n) is 4.72. The van der Waals surface area contributed by atoms with Crippen LogP contribution in [0.2, 0.25) is 0 Å². The van der Waals surface area contributed by atoms with Crippen molar-refractivity contribution in [2.45, 2.75) is 12.3 Å². The van der Waals surface area contributed by atoms with Gasteiger partial charge in [0.25, 0.3) is 11.7 Å². The highest BCUT2D eigenvalue weighted by Crippen LogP contribution is 2.39. The normalized spacial score (nSPS) is 16.8. The first kappa shape index (κ1) is 17.1. The molecule has 1 amide bonds. The molecule has 6 heteroatoms. The fraction of sp³-hybridized carbons (Fsp3) is 0.368. The Hall–Kier alpha value is -2.76. The Morgan fingerprint density at radius 3 is 2.56 bits per heavy atom. The van der Waals surface area contributed by atoms with E-state index in [-0.39, 0.29) is 5.92 Å². The third kappa shape index (κ3) is 3.12. The van der Waals surface area contributed by atoms with Gasteiger partial charge in [0.15, 0.2) is 11.5 Å². The van der Waals surface area contributed by atoms with E-state index in [0.717, 1.165) is 12.0 Å². The first-order valence-electron chi connectivity index (χ1n) is 8.22. The van der Waals surface area contributed by atoms with Crippen molar-refractivity contribution in [3.63, 3.8) is 0 Å². The van der Waals surface area contributed by atoms with Gasteiger partial charge in [-0.2, -0.15) is 0 Å². The van der Waals surface area contributed by atoms with Gasteiger partial charge in [-0.05, 0) is 24.6 Å². The van der Waals surface area contributed by atoms with Crippen LogP contribution in [-0.4, -0.2) is 48.5 Å². The van der Waals surface area contributed by atoms with Gasteiger partial charge in [-0.15, -0.1) is 0 Å². The summed E-state index contributed by atoms with van der Waals surface area (Å²) in [7, 11) is 4.97. The lowest BCUT2D eigenvalue weighted by atomic mass is 9.97. The van der Waals surface area contributed by atoms with Crippen LogP contribution in [0.25, 0.3) is 0 Å². The zero-order valence-corrected chi connectivity index (χ0v) is 14.7. The molecule has 6 nitrogen and oxygen atoms in total. The van der Waals surface area contributed by atoms with E-state index in [1.807, 2.05) is 18.2 Å². The average Bonchev–Trinajstić information content (AvgIpc) is 3.28. The summed E-state index contributed by atoms with van der Waals surface area (Å²) in [4.78, 5) is 26.6. The second-order valence-electron chi connectivity index (χ2n) is 6.15. The van der Waals surface area contributed by atoms with Gasteiger partial charge >= 0.3 is 0 Å². The van der Waals surface area contributed by atoms with Crippen LogP contribution in [-0.2, 0) is 11.8 Å². The van der Waals surface area contributed by atoms with E-state index in [0.29, 0.717) is 30.3 Å². The molecule has 1 saturated heterocycles. The Kier molecular flexibility index (Phi) is 4.79. The van der Waals surface area contributed by atoms with Crippen molar-refractivity contribution in [1.29, 1.82) is 0 Å². The summed E-state index contributed by atoms with van der Waals surface area (Å²) >= 11 is 0. The number of hydrogen-bond acceptors (Lipinski definition) is 4. The van der Waals surface area contributed by atoms with Crippen LogP contribution in [0.4, 0.5) is 0 Å². The number of nitrogens with zero attached hydrogens (tertiary/aromatic N) is 2. The molecule has 2 heterocycles. The number of aromatic nitrogens is 1. The highest BCUT2D eigenvalue weighted by molar-refractivity contribution is 6.42. The number of rotatable bonds is 5. The van der Waals surface area contributed by atoms with Crippen LogP contribution in [0.5, 0.6) is 11.5 Å². The fourth-order valence-corrected chi connectivity index (χ4v) is 3.38. The van der Waals surface area contributed by atoms with Gasteiger partial charge < -0.3 is 18.9 Å². The summed E-state index contributed by atoms with van der Waals surface area (Å²) in [6, 6.07) is 9.17. The minimum atomic E-state index is -0.467. The van der Waals surface area contributed by atoms with Crippen molar-refractivity contribution in [2.75, 3.05) is 27.3 Å². The molecule has 0 radical (unpaired) electrons. The summed E-state index contributed by atoms with van der Waals surface area (Å²) in [6.45, 7) is 1.05. The van der Waals surface area contributed by atoms with Crippen LogP contribution >= 0.6 is 0 Å². The molecule has 0 spiro atoms. The molecule has 0 bridgehead atoms. The second-order valence-corrected chi connectivity index (χ2v) is 6.15. The van der Waals surface area contributed by atoms with Crippen molar-refractivity contribution in [1.82, 2.24) is 9.47 Å². The first-order chi connectivity index (χ1) is 12.1. The maximum atomic E-state index is 12.6. The van der Waals surface area contributed by atoms with E-state index in [1.54, 1.807) is 49.1 Å². The topological polar surface area (TPSA) is 60.8 Å².